The van der Waals surface area contributed by atoms with Crippen LogP contribution in [0.1, 0.15) is 22.3 Å². The van der Waals surface area contributed by atoms with Crippen molar-refractivity contribution in [1.29, 1.82) is 0 Å². The Kier molecular flexibility index (Phi) is 3.66. The van der Waals surface area contributed by atoms with Gasteiger partial charge in [0.25, 0.3) is 11.1 Å². The van der Waals surface area contributed by atoms with Crippen LogP contribution in [0.2, 0.25) is 0 Å². The predicted molar refractivity (Wildman–Crippen MR) is 74.2 cm³/mol. The molecule has 0 aliphatic carbocycles. The molecule has 0 amide bonds. The quantitative estimate of drug-likeness (QED) is 0.849. The second-order valence-corrected chi connectivity index (χ2v) is 4.56. The smallest absolute Gasteiger partial charge is 0.268 e. The van der Waals surface area contributed by atoms with Crippen LogP contribution >= 0.6 is 0 Å². The molecule has 2 rings (SSSR count). The Morgan fingerprint density at radius 1 is 1.11 bits per heavy atom. The van der Waals surface area contributed by atoms with Crippen LogP contribution in [0.25, 0.3) is 0 Å². The molecule has 1 heterocycles. The number of rotatable bonds is 3. The van der Waals surface area contributed by atoms with Gasteiger partial charge in [-0.1, -0.05) is 24.3 Å². The number of nitrogens with one attached hydrogen (secondary N) is 1. The first-order valence-corrected chi connectivity index (χ1v) is 6.11. The van der Waals surface area contributed by atoms with E-state index in [-0.39, 0.29) is 11.1 Å². The number of hydrogen-bond acceptors (Lipinski definition) is 3. The lowest BCUT2D eigenvalue weighted by atomic mass is 10.1. The molecule has 0 aliphatic heterocycles. The van der Waals surface area contributed by atoms with Gasteiger partial charge in [-0.3, -0.25) is 14.7 Å². The van der Waals surface area contributed by atoms with E-state index < -0.39 is 0 Å². The van der Waals surface area contributed by atoms with E-state index in [1.807, 2.05) is 24.3 Å². The molecule has 3 N–H and O–H groups in total. The van der Waals surface area contributed by atoms with Gasteiger partial charge in [-0.25, -0.2) is 4.68 Å². The average Bonchev–Trinajstić information content (AvgIpc) is 2.43. The van der Waals surface area contributed by atoms with E-state index in [0.717, 1.165) is 11.1 Å². The SMILES string of the molecule is Cc1c(C)c(=O)n(Cc2ccccc2CN)[nH]c1=O. The maximum Gasteiger partial charge on any atom is 0.268 e. The summed E-state index contributed by atoms with van der Waals surface area (Å²) in [4.78, 5) is 23.8. The summed E-state index contributed by atoms with van der Waals surface area (Å²) in [6.45, 7) is 4.04. The van der Waals surface area contributed by atoms with Crippen molar-refractivity contribution >= 4 is 0 Å². The average molecular weight is 259 g/mol. The number of nitrogens with two attached hydrogens (primary N) is 1. The normalized spacial score (nSPS) is 10.7. The third-order valence-corrected chi connectivity index (χ3v) is 3.37. The third-order valence-electron chi connectivity index (χ3n) is 3.37. The molecule has 0 fully saturated rings. The number of nitrogens with zero attached hydrogens (tertiary/aromatic N) is 1. The summed E-state index contributed by atoms with van der Waals surface area (Å²) in [5.41, 5.74) is 8.10. The van der Waals surface area contributed by atoms with Crippen LogP contribution in [0.5, 0.6) is 0 Å². The Morgan fingerprint density at radius 3 is 2.37 bits per heavy atom. The van der Waals surface area contributed by atoms with E-state index in [1.54, 1.807) is 13.8 Å². The Balaban J connectivity index is 2.50. The van der Waals surface area contributed by atoms with Crippen molar-refractivity contribution < 1.29 is 0 Å². The van der Waals surface area contributed by atoms with Crippen molar-refractivity contribution in [2.45, 2.75) is 26.9 Å². The molecule has 0 bridgehead atoms. The van der Waals surface area contributed by atoms with Crippen molar-refractivity contribution in [3.63, 3.8) is 0 Å². The maximum absolute atomic E-state index is 12.1. The van der Waals surface area contributed by atoms with Gasteiger partial charge in [0.1, 0.15) is 0 Å². The molecule has 0 aliphatic rings. The Hall–Kier alpha value is -2.14. The first-order valence-electron chi connectivity index (χ1n) is 6.11. The van der Waals surface area contributed by atoms with Crippen LogP contribution in [-0.4, -0.2) is 9.78 Å². The minimum Gasteiger partial charge on any atom is -0.326 e. The monoisotopic (exact) mass is 259 g/mol. The Bertz CT molecular complexity index is 713. The summed E-state index contributed by atoms with van der Waals surface area (Å²) in [6.07, 6.45) is 0. The Labute approximate surface area is 110 Å². The molecule has 2 aromatic rings. The largest absolute Gasteiger partial charge is 0.326 e. The van der Waals surface area contributed by atoms with Gasteiger partial charge in [0.05, 0.1) is 6.54 Å². The van der Waals surface area contributed by atoms with E-state index in [2.05, 4.69) is 5.10 Å². The van der Waals surface area contributed by atoms with Gasteiger partial charge in [-0.2, -0.15) is 0 Å². The standard InChI is InChI=1S/C14H17N3O2/c1-9-10(2)14(19)17(16-13(9)18)8-12-6-4-3-5-11(12)7-15/h3-6H,7-8,15H2,1-2H3,(H,16,18). The number of H-pyrrole nitrogens is 1. The second kappa shape index (κ2) is 5.24. The highest BCUT2D eigenvalue weighted by Gasteiger charge is 2.08. The molecule has 100 valence electrons. The molecule has 5 heteroatoms. The molecule has 5 nitrogen and oxygen atoms in total. The van der Waals surface area contributed by atoms with Crippen LogP contribution in [-0.2, 0) is 13.1 Å². The maximum atomic E-state index is 12.1. The second-order valence-electron chi connectivity index (χ2n) is 4.56. The fourth-order valence-corrected chi connectivity index (χ4v) is 1.98. The van der Waals surface area contributed by atoms with E-state index >= 15 is 0 Å². The molecule has 0 radical (unpaired) electrons. The number of aromatic amines is 1. The van der Waals surface area contributed by atoms with Gasteiger partial charge in [-0.15, -0.1) is 0 Å². The van der Waals surface area contributed by atoms with E-state index in [4.69, 9.17) is 5.73 Å². The summed E-state index contributed by atoms with van der Waals surface area (Å²) in [7, 11) is 0. The zero-order valence-electron chi connectivity index (χ0n) is 11.1. The molecular formula is C14H17N3O2. The van der Waals surface area contributed by atoms with E-state index in [9.17, 15) is 9.59 Å². The van der Waals surface area contributed by atoms with Crippen molar-refractivity contribution in [2.24, 2.45) is 5.73 Å². The van der Waals surface area contributed by atoms with Gasteiger partial charge in [-0.05, 0) is 25.0 Å². The summed E-state index contributed by atoms with van der Waals surface area (Å²) < 4.78 is 1.33. The van der Waals surface area contributed by atoms with Crippen molar-refractivity contribution in [3.8, 4) is 0 Å². The van der Waals surface area contributed by atoms with Crippen LogP contribution in [0.15, 0.2) is 33.9 Å². The molecule has 0 saturated heterocycles. The lowest BCUT2D eigenvalue weighted by Crippen LogP contribution is -2.33. The first kappa shape index (κ1) is 13.3. The van der Waals surface area contributed by atoms with Crippen LogP contribution < -0.4 is 16.9 Å². The minimum atomic E-state index is -0.234. The molecule has 0 unspecified atom stereocenters. The highest BCUT2D eigenvalue weighted by atomic mass is 16.2. The topological polar surface area (TPSA) is 80.9 Å². The summed E-state index contributed by atoms with van der Waals surface area (Å²) in [5.74, 6) is 0. The van der Waals surface area contributed by atoms with Crippen LogP contribution in [0, 0.1) is 13.8 Å². The predicted octanol–water partition coefficient (Wildman–Crippen LogP) is 0.660. The van der Waals surface area contributed by atoms with Gasteiger partial charge >= 0.3 is 0 Å². The van der Waals surface area contributed by atoms with Crippen molar-refractivity contribution in [3.05, 3.63) is 67.2 Å². The summed E-state index contributed by atoms with van der Waals surface area (Å²) in [6, 6.07) is 7.61. The molecule has 0 spiro atoms. The van der Waals surface area contributed by atoms with Crippen molar-refractivity contribution in [2.75, 3.05) is 0 Å². The first-order chi connectivity index (χ1) is 9.04. The molecule has 1 aromatic carbocycles. The molecule has 0 saturated carbocycles. The van der Waals surface area contributed by atoms with E-state index in [1.165, 1.54) is 4.68 Å². The Morgan fingerprint density at radius 2 is 1.74 bits per heavy atom. The van der Waals surface area contributed by atoms with Gasteiger partial charge in [0.15, 0.2) is 0 Å². The zero-order valence-corrected chi connectivity index (χ0v) is 11.1. The van der Waals surface area contributed by atoms with Crippen LogP contribution in [0.3, 0.4) is 0 Å². The summed E-state index contributed by atoms with van der Waals surface area (Å²) >= 11 is 0. The fourth-order valence-electron chi connectivity index (χ4n) is 1.98. The minimum absolute atomic E-state index is 0.177. The van der Waals surface area contributed by atoms with Gasteiger partial charge < -0.3 is 5.73 Å². The lowest BCUT2D eigenvalue weighted by molar-refractivity contribution is 0.614. The van der Waals surface area contributed by atoms with Crippen LogP contribution in [0.4, 0.5) is 0 Å². The zero-order chi connectivity index (χ0) is 14.0. The number of aromatic nitrogens is 2. The van der Waals surface area contributed by atoms with E-state index in [0.29, 0.717) is 24.2 Å². The van der Waals surface area contributed by atoms with Crippen molar-refractivity contribution in [1.82, 2.24) is 9.78 Å². The molecule has 1 aromatic heterocycles. The van der Waals surface area contributed by atoms with Gasteiger partial charge in [0.2, 0.25) is 0 Å². The highest BCUT2D eigenvalue weighted by Crippen LogP contribution is 2.08. The molecule has 19 heavy (non-hydrogen) atoms. The third kappa shape index (κ3) is 2.51. The number of hydrogen-bond donors (Lipinski definition) is 2. The fraction of sp³-hybridized carbons (Fsp3) is 0.286. The number of benzene rings is 1. The summed E-state index contributed by atoms with van der Waals surface area (Å²) in [5, 5.41) is 2.59. The molecular weight excluding hydrogens is 242 g/mol. The van der Waals surface area contributed by atoms with Gasteiger partial charge in [0, 0.05) is 17.7 Å². The molecule has 0 atom stereocenters. The highest BCUT2D eigenvalue weighted by molar-refractivity contribution is 5.27. The lowest BCUT2D eigenvalue weighted by Gasteiger charge is -2.11.